The van der Waals surface area contributed by atoms with Crippen molar-refractivity contribution in [2.45, 2.75) is 26.4 Å². The Hall–Kier alpha value is -1.43. The molecule has 2 N–H and O–H groups in total. The van der Waals surface area contributed by atoms with Crippen LogP contribution in [-0.4, -0.2) is 31.9 Å². The Balaban J connectivity index is 2.54. The molecule has 0 saturated heterocycles. The zero-order valence-electron chi connectivity index (χ0n) is 8.48. The molecule has 14 heavy (non-hydrogen) atoms. The normalized spacial score (nSPS) is 12.8. The summed E-state index contributed by atoms with van der Waals surface area (Å²) >= 11 is 0. The van der Waals surface area contributed by atoms with Gasteiger partial charge in [0.05, 0.1) is 6.54 Å². The highest BCUT2D eigenvalue weighted by atomic mass is 16.4. The van der Waals surface area contributed by atoms with Crippen molar-refractivity contribution >= 4 is 5.97 Å². The first-order chi connectivity index (χ1) is 6.52. The molecule has 6 nitrogen and oxygen atoms in total. The summed E-state index contributed by atoms with van der Waals surface area (Å²) in [6.45, 7) is 3.84. The third kappa shape index (κ3) is 2.29. The van der Waals surface area contributed by atoms with E-state index in [4.69, 9.17) is 5.11 Å². The van der Waals surface area contributed by atoms with Crippen LogP contribution in [0.4, 0.5) is 0 Å². The summed E-state index contributed by atoms with van der Waals surface area (Å²) in [4.78, 5) is 10.5. The molecule has 0 aliphatic carbocycles. The van der Waals surface area contributed by atoms with Crippen molar-refractivity contribution in [1.82, 2.24) is 20.1 Å². The lowest BCUT2D eigenvalue weighted by Crippen LogP contribution is -2.33. The molecule has 0 unspecified atom stereocenters. The average molecular weight is 198 g/mol. The number of carboxylic acid groups (broad SMARTS) is 1. The summed E-state index contributed by atoms with van der Waals surface area (Å²) in [5, 5.41) is 19.2. The van der Waals surface area contributed by atoms with Crippen LogP contribution in [0.1, 0.15) is 18.6 Å². The minimum Gasteiger partial charge on any atom is -0.480 e. The number of carbonyl (C=O) groups is 1. The maximum Gasteiger partial charge on any atom is 0.320 e. The minimum absolute atomic E-state index is 0.408. The number of rotatable bonds is 4. The van der Waals surface area contributed by atoms with Crippen LogP contribution >= 0.6 is 0 Å². The van der Waals surface area contributed by atoms with Gasteiger partial charge in [0.2, 0.25) is 0 Å². The maximum absolute atomic E-state index is 10.5. The Bertz CT molecular complexity index is 334. The Labute approximate surface area is 82.0 Å². The molecule has 1 heterocycles. The number of hydrogen-bond acceptors (Lipinski definition) is 4. The summed E-state index contributed by atoms with van der Waals surface area (Å²) in [5.74, 6) is 0.671. The second-order valence-electron chi connectivity index (χ2n) is 3.16. The first-order valence-corrected chi connectivity index (χ1v) is 4.33. The standard InChI is InChI=1S/C8H14N4O2/c1-5(8(13)14)9-4-7-11-10-6(2)12(7)3/h5,9H,4H2,1-3H3,(H,13,14)/t5-/m0/s1. The van der Waals surface area contributed by atoms with Gasteiger partial charge in [-0.2, -0.15) is 0 Å². The zero-order valence-corrected chi connectivity index (χ0v) is 8.48. The quantitative estimate of drug-likeness (QED) is 0.693. The summed E-state index contributed by atoms with van der Waals surface area (Å²) in [6, 6.07) is -0.577. The molecule has 0 fully saturated rings. The van der Waals surface area contributed by atoms with E-state index in [0.29, 0.717) is 6.54 Å². The molecule has 1 aromatic rings. The van der Waals surface area contributed by atoms with E-state index < -0.39 is 12.0 Å². The van der Waals surface area contributed by atoms with Gasteiger partial charge in [0.15, 0.2) is 0 Å². The van der Waals surface area contributed by atoms with Crippen LogP contribution in [0.2, 0.25) is 0 Å². The van der Waals surface area contributed by atoms with E-state index >= 15 is 0 Å². The second kappa shape index (κ2) is 4.19. The van der Waals surface area contributed by atoms with Gasteiger partial charge in [-0.15, -0.1) is 10.2 Å². The van der Waals surface area contributed by atoms with Crippen molar-refractivity contribution in [3.05, 3.63) is 11.6 Å². The van der Waals surface area contributed by atoms with Gasteiger partial charge in [0, 0.05) is 7.05 Å². The van der Waals surface area contributed by atoms with Crippen molar-refractivity contribution in [2.24, 2.45) is 7.05 Å². The van der Waals surface area contributed by atoms with Crippen LogP contribution < -0.4 is 5.32 Å². The first kappa shape index (κ1) is 10.6. The van der Waals surface area contributed by atoms with Crippen molar-refractivity contribution in [2.75, 3.05) is 0 Å². The average Bonchev–Trinajstić information content (AvgIpc) is 2.44. The molecule has 0 aliphatic heterocycles. The third-order valence-electron chi connectivity index (χ3n) is 2.12. The maximum atomic E-state index is 10.5. The van der Waals surface area contributed by atoms with Crippen LogP contribution in [0.15, 0.2) is 0 Å². The zero-order chi connectivity index (χ0) is 10.7. The Morgan fingerprint density at radius 3 is 2.71 bits per heavy atom. The number of nitrogens with zero attached hydrogens (tertiary/aromatic N) is 3. The molecule has 0 radical (unpaired) electrons. The smallest absolute Gasteiger partial charge is 0.320 e. The third-order valence-corrected chi connectivity index (χ3v) is 2.12. The van der Waals surface area contributed by atoms with Crippen LogP contribution in [0, 0.1) is 6.92 Å². The van der Waals surface area contributed by atoms with Gasteiger partial charge in [-0.25, -0.2) is 0 Å². The predicted molar refractivity (Wildman–Crippen MR) is 49.7 cm³/mol. The van der Waals surface area contributed by atoms with Gasteiger partial charge in [-0.3, -0.25) is 10.1 Å². The van der Waals surface area contributed by atoms with Gasteiger partial charge in [0.25, 0.3) is 0 Å². The molecule has 0 amide bonds. The molecule has 78 valence electrons. The topological polar surface area (TPSA) is 80.0 Å². The number of carboxylic acids is 1. The van der Waals surface area contributed by atoms with Gasteiger partial charge in [-0.05, 0) is 13.8 Å². The largest absolute Gasteiger partial charge is 0.480 e. The number of aliphatic carboxylic acids is 1. The van der Waals surface area contributed by atoms with Gasteiger partial charge >= 0.3 is 5.97 Å². The number of nitrogens with one attached hydrogen (secondary N) is 1. The summed E-state index contributed by atoms with van der Waals surface area (Å²) < 4.78 is 1.82. The molecule has 0 aromatic carbocycles. The van der Waals surface area contributed by atoms with Crippen molar-refractivity contribution < 1.29 is 9.90 Å². The number of aryl methyl sites for hydroxylation is 1. The Morgan fingerprint density at radius 1 is 1.64 bits per heavy atom. The molecule has 6 heteroatoms. The minimum atomic E-state index is -0.871. The molecular weight excluding hydrogens is 184 g/mol. The molecule has 0 aliphatic rings. The van der Waals surface area contributed by atoms with Gasteiger partial charge in [0.1, 0.15) is 17.7 Å². The van der Waals surface area contributed by atoms with Crippen LogP contribution in [0.3, 0.4) is 0 Å². The first-order valence-electron chi connectivity index (χ1n) is 4.33. The van der Waals surface area contributed by atoms with E-state index in [-0.39, 0.29) is 0 Å². The molecule has 1 atom stereocenters. The molecule has 0 spiro atoms. The van der Waals surface area contributed by atoms with Crippen molar-refractivity contribution in [3.63, 3.8) is 0 Å². The highest BCUT2D eigenvalue weighted by molar-refractivity contribution is 5.72. The molecule has 0 bridgehead atoms. The molecule has 0 saturated carbocycles. The fraction of sp³-hybridized carbons (Fsp3) is 0.625. The second-order valence-corrected chi connectivity index (χ2v) is 3.16. The summed E-state index contributed by atoms with van der Waals surface area (Å²) in [5.41, 5.74) is 0. The molecule has 1 rings (SSSR count). The SMILES string of the molecule is Cc1nnc(CN[C@@H](C)C(=O)O)n1C. The predicted octanol–water partition coefficient (Wildman–Crippen LogP) is -0.314. The van der Waals surface area contributed by atoms with E-state index in [9.17, 15) is 4.79 Å². The van der Waals surface area contributed by atoms with E-state index in [0.717, 1.165) is 11.6 Å². The number of hydrogen-bond donors (Lipinski definition) is 2. The van der Waals surface area contributed by atoms with Gasteiger partial charge < -0.3 is 9.67 Å². The van der Waals surface area contributed by atoms with Crippen LogP contribution in [-0.2, 0) is 18.4 Å². The molecule has 1 aromatic heterocycles. The van der Waals surface area contributed by atoms with Gasteiger partial charge in [-0.1, -0.05) is 0 Å². The highest BCUT2D eigenvalue weighted by Gasteiger charge is 2.11. The fourth-order valence-corrected chi connectivity index (χ4v) is 0.937. The van der Waals surface area contributed by atoms with Crippen LogP contribution in [0.5, 0.6) is 0 Å². The highest BCUT2D eigenvalue weighted by Crippen LogP contribution is 1.97. The van der Waals surface area contributed by atoms with Crippen molar-refractivity contribution in [3.8, 4) is 0 Å². The van der Waals surface area contributed by atoms with E-state index in [1.165, 1.54) is 0 Å². The summed E-state index contributed by atoms with van der Waals surface area (Å²) in [7, 11) is 1.85. The lowest BCUT2D eigenvalue weighted by Gasteiger charge is -2.08. The number of aromatic nitrogens is 3. The molecular formula is C8H14N4O2. The van der Waals surface area contributed by atoms with Crippen LogP contribution in [0.25, 0.3) is 0 Å². The summed E-state index contributed by atoms with van der Waals surface area (Å²) in [6.07, 6.45) is 0. The Kier molecular flexibility index (Phi) is 3.19. The van der Waals surface area contributed by atoms with E-state index in [2.05, 4.69) is 15.5 Å². The Morgan fingerprint density at radius 2 is 2.29 bits per heavy atom. The van der Waals surface area contributed by atoms with E-state index in [1.807, 2.05) is 18.5 Å². The van der Waals surface area contributed by atoms with E-state index in [1.54, 1.807) is 6.92 Å². The van der Waals surface area contributed by atoms with Crippen molar-refractivity contribution in [1.29, 1.82) is 0 Å². The lowest BCUT2D eigenvalue weighted by atomic mass is 10.3. The lowest BCUT2D eigenvalue weighted by molar-refractivity contribution is -0.139. The monoisotopic (exact) mass is 198 g/mol. The fourth-order valence-electron chi connectivity index (χ4n) is 0.937.